The van der Waals surface area contributed by atoms with E-state index in [-0.39, 0.29) is 0 Å². The van der Waals surface area contributed by atoms with Crippen molar-refractivity contribution in [2.24, 2.45) is 0 Å². The normalized spacial score (nSPS) is 10.4. The minimum absolute atomic E-state index is 0.675. The lowest BCUT2D eigenvalue weighted by Gasteiger charge is -2.06. The van der Waals surface area contributed by atoms with Crippen molar-refractivity contribution in [1.82, 2.24) is 0 Å². The summed E-state index contributed by atoms with van der Waals surface area (Å²) in [4.78, 5) is 1.55. The summed E-state index contributed by atoms with van der Waals surface area (Å²) in [6.07, 6.45) is 0. The Morgan fingerprint density at radius 1 is 1.00 bits per heavy atom. The van der Waals surface area contributed by atoms with Gasteiger partial charge in [-0.15, -0.1) is 11.3 Å². The molecule has 0 aliphatic carbocycles. The Hall–Kier alpha value is -0.300. The van der Waals surface area contributed by atoms with Gasteiger partial charge in [-0.3, -0.25) is 0 Å². The third-order valence-corrected chi connectivity index (χ3v) is 3.67. The fourth-order valence-corrected chi connectivity index (χ4v) is 2.85. The molecule has 0 radical (unpaired) electrons. The molecule has 0 aromatic carbocycles. The van der Waals surface area contributed by atoms with Gasteiger partial charge >= 0.3 is 0 Å². The smallest absolute Gasteiger partial charge is 0.0103 e. The van der Waals surface area contributed by atoms with Crippen LogP contribution >= 0.6 is 11.3 Å². The second-order valence-electron chi connectivity index (χ2n) is 3.99. The van der Waals surface area contributed by atoms with Crippen LogP contribution in [0, 0.1) is 6.92 Å². The second-order valence-corrected chi connectivity index (χ2v) is 4.90. The van der Waals surface area contributed by atoms with Crippen molar-refractivity contribution in [2.75, 3.05) is 0 Å². The molecule has 1 aromatic rings. The zero-order chi connectivity index (χ0) is 11.3. The summed E-state index contributed by atoms with van der Waals surface area (Å²) in [5, 5.41) is 2.31. The van der Waals surface area contributed by atoms with Crippen LogP contribution in [-0.4, -0.2) is 0 Å². The highest BCUT2D eigenvalue weighted by atomic mass is 32.1. The van der Waals surface area contributed by atoms with Crippen LogP contribution in [0.4, 0.5) is 0 Å². The number of thiophene rings is 1. The van der Waals surface area contributed by atoms with Gasteiger partial charge in [0.25, 0.3) is 0 Å². The molecule has 0 saturated heterocycles. The predicted molar refractivity (Wildman–Crippen MR) is 68.6 cm³/mol. The van der Waals surface area contributed by atoms with E-state index in [1.54, 1.807) is 4.88 Å². The van der Waals surface area contributed by atoms with Gasteiger partial charge in [-0.25, -0.2) is 0 Å². The Morgan fingerprint density at radius 3 is 1.71 bits per heavy atom. The SMILES string of the molecule is CC.Cc1c(C(C)C)csc1C(C)C. The van der Waals surface area contributed by atoms with E-state index in [2.05, 4.69) is 40.0 Å². The van der Waals surface area contributed by atoms with E-state index in [1.807, 2.05) is 25.2 Å². The minimum Gasteiger partial charge on any atom is -0.148 e. The first kappa shape index (κ1) is 13.7. The molecule has 0 saturated carbocycles. The first-order chi connectivity index (χ1) is 6.54. The molecular weight excluding hydrogens is 188 g/mol. The molecule has 0 N–H and O–H groups in total. The maximum atomic E-state index is 2.31. The number of hydrogen-bond acceptors (Lipinski definition) is 1. The molecule has 0 unspecified atom stereocenters. The van der Waals surface area contributed by atoms with Crippen molar-refractivity contribution < 1.29 is 0 Å². The fraction of sp³-hybridized carbons (Fsp3) is 0.692. The van der Waals surface area contributed by atoms with Gasteiger partial charge in [-0.05, 0) is 35.3 Å². The van der Waals surface area contributed by atoms with Gasteiger partial charge in [0.1, 0.15) is 0 Å². The number of rotatable bonds is 2. The molecule has 14 heavy (non-hydrogen) atoms. The van der Waals surface area contributed by atoms with E-state index in [4.69, 9.17) is 0 Å². The molecule has 0 aliphatic rings. The van der Waals surface area contributed by atoms with Gasteiger partial charge in [0, 0.05) is 4.88 Å². The average molecular weight is 212 g/mol. The van der Waals surface area contributed by atoms with E-state index >= 15 is 0 Å². The Kier molecular flexibility index (Phi) is 6.10. The summed E-state index contributed by atoms with van der Waals surface area (Å²) in [7, 11) is 0. The van der Waals surface area contributed by atoms with Crippen molar-refractivity contribution in [3.05, 3.63) is 21.4 Å². The summed E-state index contributed by atoms with van der Waals surface area (Å²) in [6.45, 7) is 15.3. The van der Waals surface area contributed by atoms with Crippen LogP contribution in [0.5, 0.6) is 0 Å². The quantitative estimate of drug-likeness (QED) is 0.621. The Bertz CT molecular complexity index is 231. The largest absolute Gasteiger partial charge is 0.148 e. The van der Waals surface area contributed by atoms with E-state index in [9.17, 15) is 0 Å². The first-order valence-electron chi connectivity index (χ1n) is 5.62. The van der Waals surface area contributed by atoms with Crippen molar-refractivity contribution in [3.63, 3.8) is 0 Å². The van der Waals surface area contributed by atoms with Crippen LogP contribution < -0.4 is 0 Å². The zero-order valence-corrected chi connectivity index (χ0v) is 11.5. The van der Waals surface area contributed by atoms with Crippen LogP contribution in [0.25, 0.3) is 0 Å². The maximum Gasteiger partial charge on any atom is 0.0103 e. The Morgan fingerprint density at radius 2 is 1.50 bits per heavy atom. The molecule has 0 fully saturated rings. The summed E-state index contributed by atoms with van der Waals surface area (Å²) >= 11 is 1.91. The second kappa shape index (κ2) is 6.23. The van der Waals surface area contributed by atoms with Crippen LogP contribution in [0.2, 0.25) is 0 Å². The van der Waals surface area contributed by atoms with E-state index in [0.717, 1.165) is 0 Å². The summed E-state index contributed by atoms with van der Waals surface area (Å²) in [6, 6.07) is 0. The molecule has 1 rings (SSSR count). The van der Waals surface area contributed by atoms with Crippen LogP contribution in [0.15, 0.2) is 5.38 Å². The molecular formula is C13H24S. The van der Waals surface area contributed by atoms with E-state index in [1.165, 1.54) is 11.1 Å². The topological polar surface area (TPSA) is 0 Å². The fourth-order valence-electron chi connectivity index (χ4n) is 1.58. The highest BCUT2D eigenvalue weighted by Crippen LogP contribution is 2.32. The van der Waals surface area contributed by atoms with Crippen molar-refractivity contribution in [2.45, 2.75) is 60.3 Å². The molecule has 1 heteroatoms. The van der Waals surface area contributed by atoms with Gasteiger partial charge in [0.2, 0.25) is 0 Å². The summed E-state index contributed by atoms with van der Waals surface area (Å²) in [5.41, 5.74) is 3.05. The standard InChI is InChI=1S/C11H18S.C2H6/c1-7(2)10-6-12-11(8(3)4)9(10)5;1-2/h6-8H,1-5H3;1-2H3. The zero-order valence-electron chi connectivity index (χ0n) is 10.6. The molecule has 0 nitrogen and oxygen atoms in total. The summed E-state index contributed by atoms with van der Waals surface area (Å²) in [5.74, 6) is 1.36. The predicted octanol–water partition coefficient (Wildman–Crippen LogP) is 5.33. The van der Waals surface area contributed by atoms with Gasteiger partial charge in [-0.1, -0.05) is 41.5 Å². The maximum absolute atomic E-state index is 2.31. The highest BCUT2D eigenvalue weighted by molar-refractivity contribution is 7.10. The third-order valence-electron chi connectivity index (χ3n) is 2.26. The average Bonchev–Trinajstić information content (AvgIpc) is 2.50. The Balaban J connectivity index is 0.000000791. The van der Waals surface area contributed by atoms with Gasteiger partial charge < -0.3 is 0 Å². The Labute approximate surface area is 93.4 Å². The van der Waals surface area contributed by atoms with Gasteiger partial charge in [0.15, 0.2) is 0 Å². The lowest BCUT2D eigenvalue weighted by atomic mass is 9.99. The van der Waals surface area contributed by atoms with Gasteiger partial charge in [0.05, 0.1) is 0 Å². The lowest BCUT2D eigenvalue weighted by Crippen LogP contribution is -1.90. The molecule has 1 aromatic heterocycles. The van der Waals surface area contributed by atoms with E-state index < -0.39 is 0 Å². The molecule has 0 amide bonds. The molecule has 0 aliphatic heterocycles. The molecule has 1 heterocycles. The van der Waals surface area contributed by atoms with E-state index in [0.29, 0.717) is 11.8 Å². The van der Waals surface area contributed by atoms with Gasteiger partial charge in [-0.2, -0.15) is 0 Å². The third kappa shape index (κ3) is 3.13. The van der Waals surface area contributed by atoms with Crippen LogP contribution in [-0.2, 0) is 0 Å². The molecule has 0 atom stereocenters. The molecule has 0 spiro atoms. The van der Waals surface area contributed by atoms with Crippen LogP contribution in [0.3, 0.4) is 0 Å². The van der Waals surface area contributed by atoms with Crippen LogP contribution in [0.1, 0.15) is 69.4 Å². The van der Waals surface area contributed by atoms with Crippen molar-refractivity contribution >= 4 is 11.3 Å². The molecule has 82 valence electrons. The lowest BCUT2D eigenvalue weighted by molar-refractivity contribution is 0.840. The minimum atomic E-state index is 0.675. The van der Waals surface area contributed by atoms with Crippen molar-refractivity contribution in [1.29, 1.82) is 0 Å². The molecule has 0 bridgehead atoms. The summed E-state index contributed by atoms with van der Waals surface area (Å²) < 4.78 is 0. The first-order valence-corrected chi connectivity index (χ1v) is 6.49. The van der Waals surface area contributed by atoms with Crippen molar-refractivity contribution in [3.8, 4) is 0 Å². The monoisotopic (exact) mass is 212 g/mol. The highest BCUT2D eigenvalue weighted by Gasteiger charge is 2.11. The number of hydrogen-bond donors (Lipinski definition) is 0.